The molecule has 3 aromatic carbocycles. The van der Waals surface area contributed by atoms with Crippen LogP contribution < -0.4 is 4.74 Å². The van der Waals surface area contributed by atoms with Crippen molar-refractivity contribution in [2.75, 3.05) is 7.11 Å². The fraction of sp³-hybridized carbons (Fsp3) is 0.217. The molecule has 1 N–H and O–H groups in total. The van der Waals surface area contributed by atoms with E-state index in [0.717, 1.165) is 0 Å². The van der Waals surface area contributed by atoms with Crippen LogP contribution in [-0.4, -0.2) is 39.1 Å². The Hall–Kier alpha value is -2.91. The normalized spacial score (nSPS) is 15.4. The van der Waals surface area contributed by atoms with Gasteiger partial charge in [0, 0.05) is 0 Å². The predicted octanol–water partition coefficient (Wildman–Crippen LogP) is 7.96. The second-order valence-electron chi connectivity index (χ2n) is 7.56. The third kappa shape index (κ3) is 4.71. The van der Waals surface area contributed by atoms with Gasteiger partial charge < -0.3 is 4.74 Å². The van der Waals surface area contributed by atoms with E-state index in [-0.39, 0.29) is 20.4 Å². The van der Waals surface area contributed by atoms with Gasteiger partial charge in [0.1, 0.15) is 5.75 Å². The lowest BCUT2D eigenvalue weighted by atomic mass is 10.1. The molecule has 0 bridgehead atoms. The van der Waals surface area contributed by atoms with Crippen LogP contribution in [0.1, 0.15) is 0 Å². The topological polar surface area (TPSA) is 57.8 Å². The molecule has 0 radical (unpaired) electrons. The monoisotopic (exact) mass is 593 g/mol. The van der Waals surface area contributed by atoms with Crippen molar-refractivity contribution < 1.29 is 56.3 Å². The number of methoxy groups -OCH3 is 1. The molecule has 0 fully saturated rings. The highest BCUT2D eigenvalue weighted by Crippen LogP contribution is 2.68. The van der Waals surface area contributed by atoms with Gasteiger partial charge in [0.15, 0.2) is 10.3 Å². The summed E-state index contributed by atoms with van der Waals surface area (Å²) in [7, 11) is -9.66. The van der Waals surface area contributed by atoms with Crippen LogP contribution in [0.5, 0.6) is 5.75 Å². The molecule has 0 saturated heterocycles. The first-order chi connectivity index (χ1) is 17.5. The maximum Gasteiger partial charge on any atom is 0.497 e. The summed E-state index contributed by atoms with van der Waals surface area (Å²) in [5, 5.41) is -6.92. The molecule has 3 aromatic rings. The average molecular weight is 594 g/mol. The van der Waals surface area contributed by atoms with Crippen LogP contribution in [-0.2, 0) is 13.4 Å². The lowest BCUT2D eigenvalue weighted by Gasteiger charge is -2.31. The van der Waals surface area contributed by atoms with Crippen LogP contribution >= 0.6 is 10.3 Å². The SMILES string of the molecule is COc1ccc(S([O+]=S(=O)(O)C(F)(F)C(F)(F)C(F)(F)C(F)(F)F)(c2ccccc2)c2ccccc2)cc1. The minimum absolute atomic E-state index is 0.139. The summed E-state index contributed by atoms with van der Waals surface area (Å²) in [6.45, 7) is 0. The Kier molecular flexibility index (Phi) is 7.80. The highest BCUT2D eigenvalue weighted by atomic mass is 32.3. The standard InChI is InChI=1S/C23H17F9O4S2/c1-35-16-12-14-19(15-13-16)37(17-8-4-2-5-9-17,18-10-6-3-7-11-18)36-38(33,34)23(31,32)21(26,27)20(24,25)22(28,29)30/h2-15H,1H3/p+1. The maximum atomic E-state index is 14.8. The zero-order valence-electron chi connectivity index (χ0n) is 19.0. The van der Waals surface area contributed by atoms with Crippen molar-refractivity contribution in [2.24, 2.45) is 0 Å². The molecule has 0 aliphatic heterocycles. The summed E-state index contributed by atoms with van der Waals surface area (Å²) < 4.78 is 156. The summed E-state index contributed by atoms with van der Waals surface area (Å²) in [5.41, 5.74) is 0. The van der Waals surface area contributed by atoms with E-state index < -0.39 is 43.7 Å². The minimum atomic E-state index is -7.39. The molecule has 0 spiro atoms. The van der Waals surface area contributed by atoms with E-state index >= 15 is 0 Å². The van der Waals surface area contributed by atoms with Gasteiger partial charge in [0.2, 0.25) is 0 Å². The van der Waals surface area contributed by atoms with Crippen molar-refractivity contribution in [3.63, 3.8) is 0 Å². The van der Waals surface area contributed by atoms with Crippen LogP contribution in [0.2, 0.25) is 0 Å². The van der Waals surface area contributed by atoms with Crippen LogP contribution in [0.4, 0.5) is 39.5 Å². The minimum Gasteiger partial charge on any atom is -0.497 e. The molecule has 0 amide bonds. The molecule has 3 rings (SSSR count). The number of ether oxygens (including phenoxy) is 1. The van der Waals surface area contributed by atoms with E-state index in [9.17, 15) is 48.3 Å². The summed E-state index contributed by atoms with van der Waals surface area (Å²) in [6.07, 6.45) is -7.19. The first-order valence-electron chi connectivity index (χ1n) is 10.2. The maximum absolute atomic E-state index is 14.8. The molecule has 1 atom stereocenters. The molecule has 0 aliphatic rings. The molecule has 0 heterocycles. The summed E-state index contributed by atoms with van der Waals surface area (Å²) in [5.74, 6) is -14.6. The highest BCUT2D eigenvalue weighted by molar-refractivity contribution is 8.30. The molecule has 1 unspecified atom stereocenters. The van der Waals surface area contributed by atoms with Crippen LogP contribution in [0.3, 0.4) is 0 Å². The molecular formula is C23H18F9O4S2+. The fourth-order valence-corrected chi connectivity index (χ4v) is 8.48. The van der Waals surface area contributed by atoms with Gasteiger partial charge in [-0.15, -0.1) is 7.49 Å². The second kappa shape index (κ2) is 10.0. The first-order valence-corrected chi connectivity index (χ1v) is 13.2. The summed E-state index contributed by atoms with van der Waals surface area (Å²) in [4.78, 5) is -0.446. The van der Waals surface area contributed by atoms with E-state index in [0.29, 0.717) is 0 Å². The molecule has 0 aliphatic carbocycles. The average Bonchev–Trinajstić information content (AvgIpc) is 2.87. The fourth-order valence-electron chi connectivity index (χ4n) is 3.22. The molecule has 0 saturated carbocycles. The van der Waals surface area contributed by atoms with Crippen LogP contribution in [0, 0.1) is 0 Å². The van der Waals surface area contributed by atoms with Gasteiger partial charge in [-0.2, -0.15) is 39.5 Å². The zero-order chi connectivity index (χ0) is 28.6. The number of alkyl halides is 9. The Morgan fingerprint density at radius 2 is 1.05 bits per heavy atom. The van der Waals surface area contributed by atoms with Gasteiger partial charge in [-0.1, -0.05) is 36.4 Å². The van der Waals surface area contributed by atoms with Crippen molar-refractivity contribution in [3.8, 4) is 5.75 Å². The summed E-state index contributed by atoms with van der Waals surface area (Å²) >= 11 is 0. The van der Waals surface area contributed by atoms with Gasteiger partial charge >= 0.3 is 33.4 Å². The largest absolute Gasteiger partial charge is 0.497 e. The number of halogens is 9. The van der Waals surface area contributed by atoms with Gasteiger partial charge in [-0.3, -0.25) is 0 Å². The van der Waals surface area contributed by atoms with Crippen molar-refractivity contribution in [2.45, 2.75) is 38.0 Å². The third-order valence-electron chi connectivity index (χ3n) is 5.18. The van der Waals surface area contributed by atoms with Crippen molar-refractivity contribution in [1.29, 1.82) is 0 Å². The number of rotatable bonds is 8. The van der Waals surface area contributed by atoms with Gasteiger partial charge in [0.25, 0.3) is 0 Å². The van der Waals surface area contributed by atoms with E-state index in [2.05, 4.69) is 0 Å². The van der Waals surface area contributed by atoms with Crippen LogP contribution in [0.15, 0.2) is 99.6 Å². The Morgan fingerprint density at radius 1 is 0.658 bits per heavy atom. The first kappa shape index (κ1) is 29.6. The zero-order valence-corrected chi connectivity index (χ0v) is 20.6. The van der Waals surface area contributed by atoms with Crippen LogP contribution in [0.25, 0.3) is 0 Å². The van der Waals surface area contributed by atoms with Gasteiger partial charge in [-0.05, 0) is 48.5 Å². The smallest absolute Gasteiger partial charge is 0.497 e. The van der Waals surface area contributed by atoms with Crippen molar-refractivity contribution in [1.82, 2.24) is 0 Å². The number of hydrogen-bond acceptors (Lipinski definition) is 2. The van der Waals surface area contributed by atoms with Crippen molar-refractivity contribution in [3.05, 3.63) is 84.9 Å². The molecule has 0 aromatic heterocycles. The summed E-state index contributed by atoms with van der Waals surface area (Å²) in [6, 6.07) is 18.1. The molecule has 208 valence electrons. The number of hydrogen-bond donors (Lipinski definition) is 1. The Balaban J connectivity index is 2.47. The molecule has 4 nitrogen and oxygen atoms in total. The Labute approximate surface area is 212 Å². The van der Waals surface area contributed by atoms with E-state index in [1.54, 1.807) is 0 Å². The second-order valence-corrected chi connectivity index (χ2v) is 12.1. The van der Waals surface area contributed by atoms with Gasteiger partial charge in [-0.25, -0.2) is 4.55 Å². The quantitative estimate of drug-likeness (QED) is 0.164. The van der Waals surface area contributed by atoms with E-state index in [1.807, 2.05) is 0 Å². The Bertz CT molecular complexity index is 1330. The van der Waals surface area contributed by atoms with E-state index in [4.69, 9.17) is 8.02 Å². The molecule has 38 heavy (non-hydrogen) atoms. The molecule has 15 heteroatoms. The lowest BCUT2D eigenvalue weighted by molar-refractivity contribution is -0.382. The lowest BCUT2D eigenvalue weighted by Crippen LogP contribution is -2.63. The highest BCUT2D eigenvalue weighted by Gasteiger charge is 2.88. The van der Waals surface area contributed by atoms with Gasteiger partial charge in [0.05, 0.1) is 21.8 Å². The van der Waals surface area contributed by atoms with Crippen molar-refractivity contribution >= 4 is 20.4 Å². The third-order valence-corrected chi connectivity index (χ3v) is 10.4. The molecular weight excluding hydrogens is 575 g/mol. The Morgan fingerprint density at radius 3 is 1.42 bits per heavy atom. The number of benzene rings is 3. The predicted molar refractivity (Wildman–Crippen MR) is 121 cm³/mol. The van der Waals surface area contributed by atoms with E-state index in [1.165, 1.54) is 92.0 Å².